The molecule has 5 nitrogen and oxygen atoms in total. The molecule has 0 saturated heterocycles. The van der Waals surface area contributed by atoms with Gasteiger partial charge in [0.1, 0.15) is 11.4 Å². The fourth-order valence-electron chi connectivity index (χ4n) is 3.49. The van der Waals surface area contributed by atoms with Gasteiger partial charge < -0.3 is 14.6 Å². The highest BCUT2D eigenvalue weighted by molar-refractivity contribution is 9.10. The molecule has 26 heavy (non-hydrogen) atoms. The lowest BCUT2D eigenvalue weighted by Crippen LogP contribution is -2.42. The lowest BCUT2D eigenvalue weighted by molar-refractivity contribution is 0.0211. The number of H-pyrrole nitrogens is 1. The van der Waals surface area contributed by atoms with E-state index in [4.69, 9.17) is 4.74 Å². The minimum Gasteiger partial charge on any atom is -0.444 e. The summed E-state index contributed by atoms with van der Waals surface area (Å²) in [7, 11) is 1.83. The van der Waals surface area contributed by atoms with Crippen LogP contribution in [0.2, 0.25) is 0 Å². The van der Waals surface area contributed by atoms with Crippen LogP contribution >= 0.6 is 15.9 Å². The van der Waals surface area contributed by atoms with Crippen molar-refractivity contribution in [1.82, 2.24) is 14.9 Å². The van der Waals surface area contributed by atoms with Gasteiger partial charge in [-0.15, -0.1) is 0 Å². The zero-order chi connectivity index (χ0) is 18.9. The van der Waals surface area contributed by atoms with Crippen molar-refractivity contribution in [3.63, 3.8) is 0 Å². The van der Waals surface area contributed by atoms with Crippen molar-refractivity contribution < 1.29 is 9.53 Å². The maximum absolute atomic E-state index is 12.4. The average Bonchev–Trinajstić information content (AvgIpc) is 3.22. The first-order valence-electron chi connectivity index (χ1n) is 9.01. The molecule has 1 heterocycles. The van der Waals surface area contributed by atoms with Gasteiger partial charge in [0.15, 0.2) is 0 Å². The second kappa shape index (κ2) is 7.43. The van der Waals surface area contributed by atoms with Gasteiger partial charge in [-0.2, -0.15) is 0 Å². The molecule has 2 aromatic rings. The van der Waals surface area contributed by atoms with Crippen LogP contribution in [0.25, 0.3) is 11.3 Å². The summed E-state index contributed by atoms with van der Waals surface area (Å²) in [4.78, 5) is 22.3. The molecule has 1 N–H and O–H groups in total. The standard InChI is InChI=1S/C20H26BrN3O2/c1-20(2,3)26-19(25)24(4)17-7-5-6-15(17)18-22-12-16(23-18)13-8-10-14(21)11-9-13/h8-12,15,17H,5-7H2,1-4H3,(H,22,23)/t15-,17-/m0/s1. The zero-order valence-electron chi connectivity index (χ0n) is 15.8. The van der Waals surface area contributed by atoms with E-state index < -0.39 is 5.60 Å². The molecule has 1 fully saturated rings. The number of hydrogen-bond donors (Lipinski definition) is 1. The number of halogens is 1. The number of hydrogen-bond acceptors (Lipinski definition) is 3. The van der Waals surface area contributed by atoms with Gasteiger partial charge in [-0.25, -0.2) is 9.78 Å². The minimum atomic E-state index is -0.487. The van der Waals surface area contributed by atoms with Crippen LogP contribution in [0, 0.1) is 0 Å². The van der Waals surface area contributed by atoms with E-state index in [1.165, 1.54) is 0 Å². The number of amides is 1. The van der Waals surface area contributed by atoms with Crippen LogP contribution < -0.4 is 0 Å². The third-order valence-corrected chi connectivity index (χ3v) is 5.29. The molecule has 0 radical (unpaired) electrons. The molecule has 0 aliphatic heterocycles. The highest BCUT2D eigenvalue weighted by Crippen LogP contribution is 2.37. The van der Waals surface area contributed by atoms with E-state index in [0.29, 0.717) is 0 Å². The Balaban J connectivity index is 1.76. The largest absolute Gasteiger partial charge is 0.444 e. The highest BCUT2D eigenvalue weighted by atomic mass is 79.9. The maximum atomic E-state index is 12.4. The summed E-state index contributed by atoms with van der Waals surface area (Å²) < 4.78 is 6.59. The smallest absolute Gasteiger partial charge is 0.410 e. The molecule has 0 bridgehead atoms. The molecule has 140 valence electrons. The van der Waals surface area contributed by atoms with E-state index >= 15 is 0 Å². The van der Waals surface area contributed by atoms with Crippen LogP contribution in [0.4, 0.5) is 4.79 Å². The van der Waals surface area contributed by atoms with Crippen molar-refractivity contribution in [3.05, 3.63) is 40.8 Å². The van der Waals surface area contributed by atoms with Crippen LogP contribution in [0.5, 0.6) is 0 Å². The van der Waals surface area contributed by atoms with Crippen LogP contribution in [0.3, 0.4) is 0 Å². The highest BCUT2D eigenvalue weighted by Gasteiger charge is 2.37. The molecule has 2 atom stereocenters. The van der Waals surface area contributed by atoms with Gasteiger partial charge in [0.25, 0.3) is 0 Å². The minimum absolute atomic E-state index is 0.105. The van der Waals surface area contributed by atoms with Crippen molar-refractivity contribution in [2.75, 3.05) is 7.05 Å². The van der Waals surface area contributed by atoms with E-state index in [1.807, 2.05) is 46.1 Å². The Kier molecular flexibility index (Phi) is 5.42. The Bertz CT molecular complexity index is 764. The number of ether oxygens (including phenoxy) is 1. The third kappa shape index (κ3) is 4.29. The monoisotopic (exact) mass is 419 g/mol. The normalized spacial score (nSPS) is 20.2. The second-order valence-electron chi connectivity index (χ2n) is 7.88. The van der Waals surface area contributed by atoms with E-state index in [9.17, 15) is 4.79 Å². The Hall–Kier alpha value is -1.82. The zero-order valence-corrected chi connectivity index (χ0v) is 17.3. The first-order chi connectivity index (χ1) is 12.2. The van der Waals surface area contributed by atoms with Crippen molar-refractivity contribution >= 4 is 22.0 Å². The van der Waals surface area contributed by atoms with Crippen molar-refractivity contribution in [1.29, 1.82) is 0 Å². The number of benzene rings is 1. The lowest BCUT2D eigenvalue weighted by atomic mass is 10.0. The fourth-order valence-corrected chi connectivity index (χ4v) is 3.76. The van der Waals surface area contributed by atoms with Gasteiger partial charge in [0, 0.05) is 23.5 Å². The molecular weight excluding hydrogens is 394 g/mol. The van der Waals surface area contributed by atoms with Crippen LogP contribution in [-0.2, 0) is 4.74 Å². The van der Waals surface area contributed by atoms with Crippen molar-refractivity contribution in [3.8, 4) is 11.3 Å². The van der Waals surface area contributed by atoms with Gasteiger partial charge >= 0.3 is 6.09 Å². The molecule has 0 unspecified atom stereocenters. The van der Waals surface area contributed by atoms with Crippen LogP contribution in [0.1, 0.15) is 51.8 Å². The summed E-state index contributed by atoms with van der Waals surface area (Å²) in [6.45, 7) is 5.67. The number of carbonyl (C=O) groups is 1. The van der Waals surface area contributed by atoms with Crippen LogP contribution in [0.15, 0.2) is 34.9 Å². The number of imidazole rings is 1. The summed E-state index contributed by atoms with van der Waals surface area (Å²) in [5.74, 6) is 1.15. The number of nitrogens with one attached hydrogen (secondary N) is 1. The van der Waals surface area contributed by atoms with E-state index in [1.54, 1.807) is 4.90 Å². The molecule has 0 spiro atoms. The summed E-state index contributed by atoms with van der Waals surface area (Å²) in [6.07, 6.45) is 4.67. The lowest BCUT2D eigenvalue weighted by Gasteiger charge is -2.31. The van der Waals surface area contributed by atoms with Crippen LogP contribution in [-0.4, -0.2) is 39.7 Å². The molecular formula is C20H26BrN3O2. The fraction of sp³-hybridized carbons (Fsp3) is 0.500. The predicted molar refractivity (Wildman–Crippen MR) is 106 cm³/mol. The van der Waals surface area contributed by atoms with Crippen molar-refractivity contribution in [2.24, 2.45) is 0 Å². The van der Waals surface area contributed by atoms with Gasteiger partial charge in [0.05, 0.1) is 11.9 Å². The van der Waals surface area contributed by atoms with Gasteiger partial charge in [-0.05, 0) is 51.3 Å². The number of rotatable bonds is 3. The third-order valence-electron chi connectivity index (χ3n) is 4.76. The molecule has 3 rings (SSSR count). The Labute approximate surface area is 163 Å². The molecule has 6 heteroatoms. The average molecular weight is 420 g/mol. The SMILES string of the molecule is CN(C(=O)OC(C)(C)C)[C@H]1CCC[C@@H]1c1ncc(-c2ccc(Br)cc2)[nH]1. The molecule has 1 saturated carbocycles. The predicted octanol–water partition coefficient (Wildman–Crippen LogP) is 5.34. The summed E-state index contributed by atoms with van der Waals surface area (Å²) in [5, 5.41) is 0. The number of aromatic nitrogens is 2. The number of carbonyl (C=O) groups excluding carboxylic acids is 1. The number of nitrogens with zero attached hydrogens (tertiary/aromatic N) is 2. The van der Waals surface area contributed by atoms with E-state index in [-0.39, 0.29) is 18.1 Å². The molecule has 1 aromatic carbocycles. The van der Waals surface area contributed by atoms with E-state index in [2.05, 4.69) is 38.0 Å². The topological polar surface area (TPSA) is 58.2 Å². The summed E-state index contributed by atoms with van der Waals surface area (Å²) >= 11 is 3.46. The van der Waals surface area contributed by atoms with Gasteiger partial charge in [-0.1, -0.05) is 34.5 Å². The molecule has 1 amide bonds. The molecule has 1 aliphatic rings. The summed E-state index contributed by atoms with van der Waals surface area (Å²) in [6, 6.07) is 8.25. The number of aromatic amines is 1. The quantitative estimate of drug-likeness (QED) is 0.729. The van der Waals surface area contributed by atoms with Crippen molar-refractivity contribution in [2.45, 2.75) is 57.6 Å². The van der Waals surface area contributed by atoms with Gasteiger partial charge in [0.2, 0.25) is 0 Å². The first kappa shape index (κ1) is 19.0. The molecule has 1 aliphatic carbocycles. The Morgan fingerprint density at radius 3 is 2.62 bits per heavy atom. The number of likely N-dealkylation sites (N-methyl/N-ethyl adjacent to an activating group) is 1. The molecule has 1 aromatic heterocycles. The summed E-state index contributed by atoms with van der Waals surface area (Å²) in [5.41, 5.74) is 1.61. The maximum Gasteiger partial charge on any atom is 0.410 e. The Morgan fingerprint density at radius 1 is 1.27 bits per heavy atom. The van der Waals surface area contributed by atoms with Gasteiger partial charge in [-0.3, -0.25) is 0 Å². The van der Waals surface area contributed by atoms with E-state index in [0.717, 1.165) is 40.8 Å². The second-order valence-corrected chi connectivity index (χ2v) is 8.80. The Morgan fingerprint density at radius 2 is 1.96 bits per heavy atom. The first-order valence-corrected chi connectivity index (χ1v) is 9.80.